The molecule has 2 rings (SSSR count). The lowest BCUT2D eigenvalue weighted by Gasteiger charge is -2.12. The van der Waals surface area contributed by atoms with Crippen LogP contribution in [0.3, 0.4) is 0 Å². The third-order valence-corrected chi connectivity index (χ3v) is 3.96. The first-order chi connectivity index (χ1) is 9.97. The highest BCUT2D eigenvalue weighted by molar-refractivity contribution is 9.10. The molecule has 0 fully saturated rings. The molecule has 2 aromatic rings. The van der Waals surface area contributed by atoms with E-state index >= 15 is 0 Å². The third kappa shape index (κ3) is 3.22. The highest BCUT2D eigenvalue weighted by Gasteiger charge is 2.18. The van der Waals surface area contributed by atoms with Gasteiger partial charge in [-0.25, -0.2) is 0 Å². The Morgan fingerprint density at radius 2 is 1.67 bits per heavy atom. The van der Waals surface area contributed by atoms with Gasteiger partial charge in [-0.05, 0) is 36.8 Å². The van der Waals surface area contributed by atoms with Crippen LogP contribution in [-0.2, 0) is 0 Å². The monoisotopic (exact) mass is 368 g/mol. The number of methoxy groups -OCH3 is 2. The van der Waals surface area contributed by atoms with Crippen LogP contribution in [0.2, 0.25) is 5.02 Å². The quantitative estimate of drug-likeness (QED) is 0.735. The number of carbonyl (C=O) groups excluding carboxylic acids is 1. The van der Waals surface area contributed by atoms with Crippen molar-refractivity contribution in [3.63, 3.8) is 0 Å². The van der Waals surface area contributed by atoms with Crippen molar-refractivity contribution in [3.05, 3.63) is 56.5 Å². The van der Waals surface area contributed by atoms with Crippen molar-refractivity contribution < 1.29 is 14.3 Å². The van der Waals surface area contributed by atoms with Crippen LogP contribution in [0.25, 0.3) is 0 Å². The van der Waals surface area contributed by atoms with Gasteiger partial charge in [-0.15, -0.1) is 0 Å². The van der Waals surface area contributed by atoms with Crippen molar-refractivity contribution in [2.45, 2.75) is 6.92 Å². The first-order valence-corrected chi connectivity index (χ1v) is 7.37. The van der Waals surface area contributed by atoms with Gasteiger partial charge in [0.2, 0.25) is 0 Å². The fraction of sp³-hybridized carbons (Fsp3) is 0.188. The average molecular weight is 370 g/mol. The molecular formula is C16H14BrClO3. The largest absolute Gasteiger partial charge is 0.493 e. The number of hydrogen-bond acceptors (Lipinski definition) is 3. The summed E-state index contributed by atoms with van der Waals surface area (Å²) in [6.45, 7) is 1.88. The molecule has 0 aromatic heterocycles. The molecular weight excluding hydrogens is 356 g/mol. The number of hydrogen-bond donors (Lipinski definition) is 0. The first-order valence-electron chi connectivity index (χ1n) is 6.20. The van der Waals surface area contributed by atoms with Gasteiger partial charge in [0.05, 0.1) is 19.2 Å². The molecule has 0 aliphatic carbocycles. The highest BCUT2D eigenvalue weighted by Crippen LogP contribution is 2.34. The summed E-state index contributed by atoms with van der Waals surface area (Å²) in [7, 11) is 3.04. The van der Waals surface area contributed by atoms with E-state index in [1.807, 2.05) is 19.1 Å². The molecule has 21 heavy (non-hydrogen) atoms. The minimum Gasteiger partial charge on any atom is -0.493 e. The molecule has 0 aliphatic rings. The maximum Gasteiger partial charge on any atom is 0.194 e. The smallest absolute Gasteiger partial charge is 0.194 e. The number of halogens is 2. The van der Waals surface area contributed by atoms with Gasteiger partial charge in [0.15, 0.2) is 17.3 Å². The molecule has 0 atom stereocenters. The van der Waals surface area contributed by atoms with E-state index in [0.29, 0.717) is 27.6 Å². The summed E-state index contributed by atoms with van der Waals surface area (Å²) >= 11 is 9.58. The van der Waals surface area contributed by atoms with Crippen LogP contribution in [0.4, 0.5) is 0 Å². The Balaban J connectivity index is 2.53. The van der Waals surface area contributed by atoms with Gasteiger partial charge >= 0.3 is 0 Å². The lowest BCUT2D eigenvalue weighted by atomic mass is 9.99. The number of ketones is 1. The summed E-state index contributed by atoms with van der Waals surface area (Å²) in [4.78, 5) is 12.7. The lowest BCUT2D eigenvalue weighted by molar-refractivity contribution is 0.103. The van der Waals surface area contributed by atoms with Crippen molar-refractivity contribution in [2.24, 2.45) is 0 Å². The molecule has 5 heteroatoms. The fourth-order valence-corrected chi connectivity index (χ4v) is 2.77. The number of ether oxygens (including phenoxy) is 2. The van der Waals surface area contributed by atoms with Gasteiger partial charge in [-0.1, -0.05) is 27.5 Å². The Hall–Kier alpha value is -1.52. The summed E-state index contributed by atoms with van der Waals surface area (Å²) in [5.41, 5.74) is 1.87. The second-order valence-corrected chi connectivity index (χ2v) is 5.80. The van der Waals surface area contributed by atoms with E-state index in [0.717, 1.165) is 10.0 Å². The molecule has 0 heterocycles. The van der Waals surface area contributed by atoms with Gasteiger partial charge < -0.3 is 9.47 Å². The van der Waals surface area contributed by atoms with Gasteiger partial charge in [-0.3, -0.25) is 4.79 Å². The van der Waals surface area contributed by atoms with Crippen LogP contribution in [0.5, 0.6) is 11.5 Å². The van der Waals surface area contributed by atoms with Crippen molar-refractivity contribution in [2.75, 3.05) is 14.2 Å². The Kier molecular flexibility index (Phi) is 4.91. The number of aryl methyl sites for hydroxylation is 1. The van der Waals surface area contributed by atoms with E-state index in [-0.39, 0.29) is 5.78 Å². The Morgan fingerprint density at radius 1 is 1.05 bits per heavy atom. The topological polar surface area (TPSA) is 35.5 Å². The van der Waals surface area contributed by atoms with E-state index in [2.05, 4.69) is 15.9 Å². The SMILES string of the molecule is COc1cc(Cl)c(C(=O)c2ccc(Br)cc2C)cc1OC. The summed E-state index contributed by atoms with van der Waals surface area (Å²) in [5.74, 6) is 0.817. The van der Waals surface area contributed by atoms with E-state index in [1.54, 1.807) is 18.2 Å². The Bertz CT molecular complexity index is 698. The Labute approximate surface area is 137 Å². The van der Waals surface area contributed by atoms with Gasteiger partial charge in [0.25, 0.3) is 0 Å². The van der Waals surface area contributed by atoms with Crippen LogP contribution in [0.1, 0.15) is 21.5 Å². The summed E-state index contributed by atoms with van der Waals surface area (Å²) < 4.78 is 11.3. The molecule has 0 radical (unpaired) electrons. The minimum absolute atomic E-state index is 0.147. The Morgan fingerprint density at radius 3 is 2.24 bits per heavy atom. The van der Waals surface area contributed by atoms with E-state index in [1.165, 1.54) is 14.2 Å². The van der Waals surface area contributed by atoms with Crippen LogP contribution < -0.4 is 9.47 Å². The second kappa shape index (κ2) is 6.50. The van der Waals surface area contributed by atoms with Crippen molar-refractivity contribution in [3.8, 4) is 11.5 Å². The van der Waals surface area contributed by atoms with Gasteiger partial charge in [0, 0.05) is 21.7 Å². The maximum absolute atomic E-state index is 12.7. The molecule has 0 amide bonds. The molecule has 0 bridgehead atoms. The second-order valence-electron chi connectivity index (χ2n) is 4.48. The zero-order valence-corrected chi connectivity index (χ0v) is 14.2. The van der Waals surface area contributed by atoms with Crippen molar-refractivity contribution in [1.82, 2.24) is 0 Å². The molecule has 0 N–H and O–H groups in total. The van der Waals surface area contributed by atoms with E-state index < -0.39 is 0 Å². The number of benzene rings is 2. The summed E-state index contributed by atoms with van der Waals surface area (Å²) in [5, 5.41) is 0.333. The third-order valence-electron chi connectivity index (χ3n) is 3.15. The molecule has 3 nitrogen and oxygen atoms in total. The van der Waals surface area contributed by atoms with Crippen LogP contribution >= 0.6 is 27.5 Å². The predicted octanol–water partition coefficient (Wildman–Crippen LogP) is 4.66. The molecule has 0 unspecified atom stereocenters. The standard InChI is InChI=1S/C16H14BrClO3/c1-9-6-10(17)4-5-11(9)16(19)12-7-14(20-2)15(21-3)8-13(12)18/h4-8H,1-3H3. The lowest BCUT2D eigenvalue weighted by Crippen LogP contribution is -2.05. The van der Waals surface area contributed by atoms with Crippen molar-refractivity contribution >= 4 is 33.3 Å². The van der Waals surface area contributed by atoms with Crippen LogP contribution in [0, 0.1) is 6.92 Å². The van der Waals surface area contributed by atoms with Crippen molar-refractivity contribution in [1.29, 1.82) is 0 Å². The number of rotatable bonds is 4. The number of carbonyl (C=O) groups is 1. The van der Waals surface area contributed by atoms with Crippen LogP contribution in [0.15, 0.2) is 34.8 Å². The maximum atomic E-state index is 12.7. The molecule has 0 saturated heterocycles. The predicted molar refractivity (Wildman–Crippen MR) is 86.9 cm³/mol. The zero-order valence-electron chi connectivity index (χ0n) is 11.9. The molecule has 2 aromatic carbocycles. The van der Waals surface area contributed by atoms with Crippen LogP contribution in [-0.4, -0.2) is 20.0 Å². The molecule has 0 aliphatic heterocycles. The molecule has 0 saturated carbocycles. The van der Waals surface area contributed by atoms with E-state index in [4.69, 9.17) is 21.1 Å². The minimum atomic E-state index is -0.147. The first kappa shape index (κ1) is 15.9. The van der Waals surface area contributed by atoms with E-state index in [9.17, 15) is 4.79 Å². The van der Waals surface area contributed by atoms with Gasteiger partial charge in [-0.2, -0.15) is 0 Å². The summed E-state index contributed by atoms with van der Waals surface area (Å²) in [6, 6.07) is 8.68. The average Bonchev–Trinajstić information content (AvgIpc) is 2.46. The normalized spacial score (nSPS) is 10.3. The molecule has 110 valence electrons. The zero-order chi connectivity index (χ0) is 15.6. The highest BCUT2D eigenvalue weighted by atomic mass is 79.9. The fourth-order valence-electron chi connectivity index (χ4n) is 2.06. The van der Waals surface area contributed by atoms with Gasteiger partial charge in [0.1, 0.15) is 0 Å². The molecule has 0 spiro atoms. The summed E-state index contributed by atoms with van der Waals surface area (Å²) in [6.07, 6.45) is 0.